The Hall–Kier alpha value is -3.22. The second kappa shape index (κ2) is 5.94. The topological polar surface area (TPSA) is 88.5 Å². The molecule has 0 amide bonds. The van der Waals surface area contributed by atoms with Gasteiger partial charge in [-0.25, -0.2) is 14.6 Å². The summed E-state index contributed by atoms with van der Waals surface area (Å²) in [5.74, 6) is 0.723. The molecule has 132 valence electrons. The van der Waals surface area contributed by atoms with E-state index in [0.29, 0.717) is 11.9 Å². The van der Waals surface area contributed by atoms with E-state index in [-0.39, 0.29) is 11.1 Å². The number of hydrogen-bond donors (Lipinski definition) is 2. The number of H-pyrrole nitrogens is 1. The zero-order valence-corrected chi connectivity index (χ0v) is 14.9. The van der Waals surface area contributed by atoms with Gasteiger partial charge in [-0.15, -0.1) is 0 Å². The van der Waals surface area contributed by atoms with Gasteiger partial charge in [0.05, 0.1) is 17.1 Å². The predicted octanol–water partition coefficient (Wildman–Crippen LogP) is 3.03. The lowest BCUT2D eigenvalue weighted by Crippen LogP contribution is -2.23. The van der Waals surface area contributed by atoms with Gasteiger partial charge in [-0.2, -0.15) is 5.10 Å². The first kappa shape index (κ1) is 16.3. The van der Waals surface area contributed by atoms with Crippen molar-refractivity contribution in [1.29, 1.82) is 0 Å². The molecule has 2 N–H and O–H groups in total. The molecule has 0 fully saturated rings. The van der Waals surface area contributed by atoms with E-state index in [1.807, 2.05) is 28.9 Å². The van der Waals surface area contributed by atoms with E-state index < -0.39 is 0 Å². The molecule has 7 heteroatoms. The van der Waals surface area contributed by atoms with Crippen molar-refractivity contribution in [2.75, 3.05) is 5.32 Å². The summed E-state index contributed by atoms with van der Waals surface area (Å²) in [6.07, 6.45) is 5.07. The smallest absolute Gasteiger partial charge is 0.255 e. The molecule has 3 heterocycles. The highest BCUT2D eigenvalue weighted by Crippen LogP contribution is 2.24. The van der Waals surface area contributed by atoms with Gasteiger partial charge in [0.2, 0.25) is 0 Å². The minimum Gasteiger partial charge on any atom is -0.365 e. The summed E-state index contributed by atoms with van der Waals surface area (Å²) in [7, 11) is 0. The largest absolute Gasteiger partial charge is 0.365 e. The first-order valence-electron chi connectivity index (χ1n) is 8.47. The van der Waals surface area contributed by atoms with Crippen LogP contribution in [-0.2, 0) is 12.1 Å². The van der Waals surface area contributed by atoms with Crippen LogP contribution in [-0.4, -0.2) is 24.7 Å². The molecule has 3 aromatic heterocycles. The second-order valence-electron chi connectivity index (χ2n) is 7.23. The number of pyridine rings is 1. The summed E-state index contributed by atoms with van der Waals surface area (Å²) in [5, 5.41) is 10.3. The Morgan fingerprint density at radius 1 is 1.12 bits per heavy atom. The molecular formula is C19H20N6O. The number of nitrogens with one attached hydrogen (secondary N) is 2. The summed E-state index contributed by atoms with van der Waals surface area (Å²) in [5.41, 5.74) is 1.54. The van der Waals surface area contributed by atoms with Crippen LogP contribution in [0.4, 0.5) is 5.82 Å². The van der Waals surface area contributed by atoms with Crippen LogP contribution in [0, 0.1) is 0 Å². The van der Waals surface area contributed by atoms with Gasteiger partial charge in [-0.05, 0) is 37.8 Å². The molecule has 0 saturated carbocycles. The fourth-order valence-corrected chi connectivity index (χ4v) is 3.07. The van der Waals surface area contributed by atoms with Gasteiger partial charge >= 0.3 is 0 Å². The monoisotopic (exact) mass is 348 g/mol. The normalized spacial score (nSPS) is 12.0. The SMILES string of the molecule is CC(C)(C)n1ncc2c(NCc3c[nH]c(=O)c4ccccc34)ncnc21. The lowest BCUT2D eigenvalue weighted by Gasteiger charge is -2.19. The van der Waals surface area contributed by atoms with Crippen molar-refractivity contribution >= 4 is 27.6 Å². The van der Waals surface area contributed by atoms with Gasteiger partial charge < -0.3 is 10.3 Å². The third kappa shape index (κ3) is 2.71. The Morgan fingerprint density at radius 2 is 1.88 bits per heavy atom. The molecule has 1 aromatic carbocycles. The van der Waals surface area contributed by atoms with Crippen LogP contribution in [0.2, 0.25) is 0 Å². The first-order valence-corrected chi connectivity index (χ1v) is 8.47. The van der Waals surface area contributed by atoms with Crippen LogP contribution in [0.5, 0.6) is 0 Å². The molecule has 7 nitrogen and oxygen atoms in total. The van der Waals surface area contributed by atoms with Crippen molar-refractivity contribution in [3.8, 4) is 0 Å². The van der Waals surface area contributed by atoms with Crippen molar-refractivity contribution in [2.24, 2.45) is 0 Å². The molecule has 4 aromatic rings. The highest BCUT2D eigenvalue weighted by atomic mass is 16.1. The molecular weight excluding hydrogens is 328 g/mol. The minimum atomic E-state index is -0.164. The summed E-state index contributed by atoms with van der Waals surface area (Å²) in [4.78, 5) is 23.5. The summed E-state index contributed by atoms with van der Waals surface area (Å²) >= 11 is 0. The van der Waals surface area contributed by atoms with Crippen LogP contribution in [0.3, 0.4) is 0 Å². The molecule has 0 atom stereocenters. The first-order chi connectivity index (χ1) is 12.4. The number of hydrogen-bond acceptors (Lipinski definition) is 5. The van der Waals surface area contributed by atoms with Gasteiger partial charge in [-0.1, -0.05) is 18.2 Å². The average Bonchev–Trinajstić information content (AvgIpc) is 3.06. The molecule has 0 aliphatic heterocycles. The standard InChI is InChI=1S/C19H20N6O/c1-19(2,3)25-17-15(10-24-25)16(22-11-23-17)20-8-12-9-21-18(26)14-7-5-4-6-13(12)14/h4-7,9-11H,8H2,1-3H3,(H,21,26)(H,20,22,23). The third-order valence-electron chi connectivity index (χ3n) is 4.34. The maximum absolute atomic E-state index is 12.0. The molecule has 0 aliphatic carbocycles. The zero-order chi connectivity index (χ0) is 18.3. The van der Waals surface area contributed by atoms with Crippen molar-refractivity contribution in [2.45, 2.75) is 32.9 Å². The zero-order valence-electron chi connectivity index (χ0n) is 14.9. The Morgan fingerprint density at radius 3 is 2.65 bits per heavy atom. The average molecular weight is 348 g/mol. The molecule has 0 saturated heterocycles. The van der Waals surface area contributed by atoms with Crippen LogP contribution in [0.25, 0.3) is 21.8 Å². The number of anilines is 1. The highest BCUT2D eigenvalue weighted by Gasteiger charge is 2.19. The van der Waals surface area contributed by atoms with Gasteiger partial charge in [0.25, 0.3) is 5.56 Å². The van der Waals surface area contributed by atoms with E-state index in [1.54, 1.807) is 18.7 Å². The quantitative estimate of drug-likeness (QED) is 0.594. The maximum atomic E-state index is 12.0. The van der Waals surface area contributed by atoms with Crippen molar-refractivity contribution in [3.63, 3.8) is 0 Å². The lowest BCUT2D eigenvalue weighted by atomic mass is 10.1. The van der Waals surface area contributed by atoms with Gasteiger partial charge in [-0.3, -0.25) is 4.79 Å². The van der Waals surface area contributed by atoms with Gasteiger partial charge in [0.1, 0.15) is 12.1 Å². The van der Waals surface area contributed by atoms with E-state index in [0.717, 1.165) is 27.8 Å². The third-order valence-corrected chi connectivity index (χ3v) is 4.34. The molecule has 0 spiro atoms. The van der Waals surface area contributed by atoms with Gasteiger partial charge in [0.15, 0.2) is 5.65 Å². The number of nitrogens with zero attached hydrogens (tertiary/aromatic N) is 4. The summed E-state index contributed by atoms with van der Waals surface area (Å²) < 4.78 is 1.89. The molecule has 26 heavy (non-hydrogen) atoms. The van der Waals surface area contributed by atoms with Gasteiger partial charge in [0, 0.05) is 18.1 Å². The van der Waals surface area contributed by atoms with Crippen molar-refractivity contribution < 1.29 is 0 Å². The number of aromatic amines is 1. The maximum Gasteiger partial charge on any atom is 0.255 e. The Balaban J connectivity index is 1.71. The molecule has 0 radical (unpaired) electrons. The van der Waals surface area contributed by atoms with Crippen LogP contribution in [0.1, 0.15) is 26.3 Å². The summed E-state index contributed by atoms with van der Waals surface area (Å²) in [6, 6.07) is 7.58. The highest BCUT2D eigenvalue weighted by molar-refractivity contribution is 5.87. The number of rotatable bonds is 3. The van der Waals surface area contributed by atoms with Crippen molar-refractivity contribution in [1.82, 2.24) is 24.7 Å². The number of aromatic nitrogens is 5. The summed E-state index contributed by atoms with van der Waals surface area (Å²) in [6.45, 7) is 6.79. The molecule has 0 unspecified atom stereocenters. The van der Waals surface area contributed by atoms with E-state index >= 15 is 0 Å². The van der Waals surface area contributed by atoms with E-state index in [2.05, 4.69) is 46.1 Å². The van der Waals surface area contributed by atoms with Crippen molar-refractivity contribution in [3.05, 3.63) is 58.9 Å². The Kier molecular flexibility index (Phi) is 3.72. The van der Waals surface area contributed by atoms with E-state index in [9.17, 15) is 4.79 Å². The Bertz CT molecular complexity index is 1150. The minimum absolute atomic E-state index is 0.0831. The molecule has 4 rings (SSSR count). The number of fused-ring (bicyclic) bond motifs is 2. The van der Waals surface area contributed by atoms with Crippen LogP contribution < -0.4 is 10.9 Å². The number of benzene rings is 1. The van der Waals surface area contributed by atoms with E-state index in [4.69, 9.17) is 0 Å². The lowest BCUT2D eigenvalue weighted by molar-refractivity contribution is 0.366. The fraction of sp³-hybridized carbons (Fsp3) is 0.263. The molecule has 0 bridgehead atoms. The molecule has 0 aliphatic rings. The predicted molar refractivity (Wildman–Crippen MR) is 102 cm³/mol. The van der Waals surface area contributed by atoms with Crippen LogP contribution >= 0.6 is 0 Å². The van der Waals surface area contributed by atoms with Crippen LogP contribution in [0.15, 0.2) is 47.8 Å². The second-order valence-corrected chi connectivity index (χ2v) is 7.23. The van der Waals surface area contributed by atoms with E-state index in [1.165, 1.54) is 0 Å². The Labute approximate surface area is 150 Å². The fourth-order valence-electron chi connectivity index (χ4n) is 3.07.